The first-order valence-corrected chi connectivity index (χ1v) is 17.1. The summed E-state index contributed by atoms with van der Waals surface area (Å²) in [6.45, 7) is 18.9. The number of aliphatic hydroxyl groups is 1. The third kappa shape index (κ3) is 7.36. The Bertz CT molecular complexity index is 1760. The van der Waals surface area contributed by atoms with Crippen LogP contribution in [0.5, 0.6) is 0 Å². The van der Waals surface area contributed by atoms with Crippen molar-refractivity contribution in [1.29, 1.82) is 0 Å². The summed E-state index contributed by atoms with van der Waals surface area (Å²) in [7, 11) is 0. The van der Waals surface area contributed by atoms with Crippen LogP contribution in [0.1, 0.15) is 93.6 Å². The fourth-order valence-corrected chi connectivity index (χ4v) is 7.48. The number of carbonyl (C=O) groups is 1. The molecule has 5 aromatic rings. The second-order valence-corrected chi connectivity index (χ2v) is 15.1. The summed E-state index contributed by atoms with van der Waals surface area (Å²) >= 11 is 3.56. The molecule has 0 unspecified atom stereocenters. The van der Waals surface area contributed by atoms with Crippen LogP contribution in [0.25, 0.3) is 41.0 Å². The van der Waals surface area contributed by atoms with Crippen molar-refractivity contribution in [2.75, 3.05) is 0 Å². The predicted molar refractivity (Wildman–Crippen MR) is 189 cm³/mol. The zero-order chi connectivity index (χ0) is 31.6. The molecule has 2 heterocycles. The van der Waals surface area contributed by atoms with Gasteiger partial charge in [-0.3, -0.25) is 9.78 Å². The number of aromatic nitrogens is 1. The number of hydrogen-bond donors (Lipinski definition) is 1. The van der Waals surface area contributed by atoms with E-state index >= 15 is 0 Å². The molecular weight excluding hydrogens is 759 g/mol. The van der Waals surface area contributed by atoms with Gasteiger partial charge in [-0.25, -0.2) is 0 Å². The number of carbonyl (C=O) groups excluding carboxylic acids is 1. The van der Waals surface area contributed by atoms with E-state index in [1.165, 1.54) is 37.2 Å². The monoisotopic (exact) mass is 805 g/mol. The van der Waals surface area contributed by atoms with E-state index < -0.39 is 0 Å². The number of aliphatic hydroxyl groups excluding tert-OH is 1. The van der Waals surface area contributed by atoms with Crippen molar-refractivity contribution in [2.24, 2.45) is 10.8 Å². The number of nitrogens with zero attached hydrogens (tertiary/aromatic N) is 1. The zero-order valence-corrected chi connectivity index (χ0v) is 31.6. The van der Waals surface area contributed by atoms with Crippen molar-refractivity contribution >= 4 is 58.8 Å². The van der Waals surface area contributed by atoms with E-state index in [1.807, 2.05) is 41.5 Å². The summed E-state index contributed by atoms with van der Waals surface area (Å²) in [5, 5.41) is 15.0. The molecule has 0 atom stereocenters. The molecule has 237 valence electrons. The van der Waals surface area contributed by atoms with Gasteiger partial charge in [0.25, 0.3) is 0 Å². The van der Waals surface area contributed by atoms with E-state index in [-0.39, 0.29) is 47.9 Å². The van der Waals surface area contributed by atoms with Crippen LogP contribution < -0.4 is 0 Å². The van der Waals surface area contributed by atoms with E-state index in [0.717, 1.165) is 41.1 Å². The van der Waals surface area contributed by atoms with Crippen molar-refractivity contribution in [3.05, 3.63) is 78.1 Å². The van der Waals surface area contributed by atoms with Crippen molar-refractivity contribution in [3.63, 3.8) is 0 Å². The molecule has 0 aliphatic carbocycles. The van der Waals surface area contributed by atoms with Gasteiger partial charge in [-0.15, -0.1) is 40.5 Å². The van der Waals surface area contributed by atoms with Gasteiger partial charge in [0.05, 0.1) is 9.71 Å². The van der Waals surface area contributed by atoms with Gasteiger partial charge in [0, 0.05) is 47.1 Å². The van der Waals surface area contributed by atoms with E-state index in [0.29, 0.717) is 0 Å². The van der Waals surface area contributed by atoms with Gasteiger partial charge in [-0.05, 0) is 37.2 Å². The Hall–Kier alpha value is -2.37. The Morgan fingerprint density at radius 3 is 2.00 bits per heavy atom. The molecule has 0 fully saturated rings. The van der Waals surface area contributed by atoms with Gasteiger partial charge in [-0.1, -0.05) is 110 Å². The second kappa shape index (κ2) is 14.4. The summed E-state index contributed by atoms with van der Waals surface area (Å²) in [6.07, 6.45) is 4.75. The summed E-state index contributed by atoms with van der Waals surface area (Å²) in [6, 6.07) is 23.0. The number of thiophene rings is 1. The quantitative estimate of drug-likeness (QED) is 0.0965. The first-order chi connectivity index (χ1) is 20.3. The van der Waals surface area contributed by atoms with Gasteiger partial charge in [-0.2, -0.15) is 11.3 Å². The Kier molecular flexibility index (Phi) is 11.8. The molecule has 0 spiro atoms. The molecule has 3 nitrogen and oxygen atoms in total. The minimum atomic E-state index is -0.337. The standard InChI is InChI=1S/C23H18NS2.C15H28O2.Ir/c1-23(2,3)18-13-15(12-14-8-4-5-9-16(14)18)21-24-22-20(26-21)17-10-6-7-11-19(17)25-22;1-7-14(5,8-2)12(16)11-13(17)15(6,9-3)10-4;/h4-11,13H,1-3H3;11,16H,7-10H2,1-6H3;/q-1;;/b;12-11-;. The van der Waals surface area contributed by atoms with E-state index in [1.54, 1.807) is 22.7 Å². The largest absolute Gasteiger partial charge is 0.512 e. The van der Waals surface area contributed by atoms with Crippen LogP contribution in [-0.2, 0) is 30.3 Å². The fraction of sp³-hybridized carbons (Fsp3) is 0.421. The number of thiazole rings is 1. The minimum Gasteiger partial charge on any atom is -0.512 e. The van der Waals surface area contributed by atoms with E-state index in [2.05, 4.69) is 81.4 Å². The molecule has 0 aliphatic heterocycles. The smallest absolute Gasteiger partial charge is 0.164 e. The van der Waals surface area contributed by atoms with Crippen molar-refractivity contribution in [2.45, 2.75) is 93.4 Å². The number of ketones is 1. The number of allylic oxidation sites excluding steroid dienone is 2. The van der Waals surface area contributed by atoms with Gasteiger partial charge in [0.1, 0.15) is 10.6 Å². The molecule has 2 aromatic heterocycles. The van der Waals surface area contributed by atoms with Crippen LogP contribution in [0.3, 0.4) is 0 Å². The topological polar surface area (TPSA) is 50.2 Å². The molecule has 5 rings (SSSR count). The summed E-state index contributed by atoms with van der Waals surface area (Å²) in [5.74, 6) is 0.286. The molecule has 3 aromatic carbocycles. The van der Waals surface area contributed by atoms with Crippen molar-refractivity contribution in [3.8, 4) is 10.6 Å². The average molecular weight is 805 g/mol. The Labute approximate surface area is 285 Å². The van der Waals surface area contributed by atoms with Gasteiger partial charge >= 0.3 is 0 Å². The molecule has 0 saturated heterocycles. The molecule has 44 heavy (non-hydrogen) atoms. The first kappa shape index (κ1) is 36.1. The van der Waals surface area contributed by atoms with Crippen molar-refractivity contribution in [1.82, 2.24) is 4.98 Å². The number of benzene rings is 3. The average Bonchev–Trinajstić information content (AvgIpc) is 3.58. The van der Waals surface area contributed by atoms with E-state index in [4.69, 9.17) is 4.98 Å². The van der Waals surface area contributed by atoms with Crippen LogP contribution in [0.4, 0.5) is 0 Å². The molecule has 6 heteroatoms. The molecule has 0 amide bonds. The van der Waals surface area contributed by atoms with Crippen LogP contribution >= 0.6 is 22.7 Å². The molecule has 1 N–H and O–H groups in total. The molecular formula is C38H46IrNO2S2-. The normalized spacial score (nSPS) is 12.7. The Balaban J connectivity index is 0.000000260. The van der Waals surface area contributed by atoms with Crippen LogP contribution in [0.15, 0.2) is 66.4 Å². The van der Waals surface area contributed by atoms with Gasteiger partial charge < -0.3 is 5.11 Å². The molecule has 0 aliphatic rings. The number of hydrogen-bond acceptors (Lipinski definition) is 5. The maximum atomic E-state index is 12.2. The number of rotatable bonds is 8. The SMILES string of the molecule is CC(C)(C)c1cc(-c2nc3sc4ccccc4c3s2)[c-]c2ccccc12.CCC(C)(CC)C(=O)/C=C(\O)C(C)(CC)CC.[Ir]. The Morgan fingerprint density at radius 1 is 0.841 bits per heavy atom. The van der Waals surface area contributed by atoms with Gasteiger partial charge in [0.15, 0.2) is 5.78 Å². The maximum Gasteiger partial charge on any atom is 0.164 e. The van der Waals surface area contributed by atoms with E-state index in [9.17, 15) is 9.90 Å². The maximum absolute atomic E-state index is 12.2. The minimum absolute atomic E-state index is 0. The van der Waals surface area contributed by atoms with Crippen LogP contribution in [0.2, 0.25) is 0 Å². The fourth-order valence-electron chi connectivity index (χ4n) is 5.16. The van der Waals surface area contributed by atoms with Crippen LogP contribution in [0, 0.1) is 16.9 Å². The zero-order valence-electron chi connectivity index (χ0n) is 27.6. The van der Waals surface area contributed by atoms with Gasteiger partial charge in [0.2, 0.25) is 0 Å². The summed E-state index contributed by atoms with van der Waals surface area (Å²) in [4.78, 5) is 18.3. The number of fused-ring (bicyclic) bond motifs is 4. The van der Waals surface area contributed by atoms with Crippen molar-refractivity contribution < 1.29 is 30.0 Å². The third-order valence-corrected chi connectivity index (χ3v) is 11.7. The Morgan fingerprint density at radius 2 is 1.41 bits per heavy atom. The van der Waals surface area contributed by atoms with Crippen LogP contribution in [-0.4, -0.2) is 15.9 Å². The third-order valence-electron chi connectivity index (χ3n) is 9.35. The molecule has 1 radical (unpaired) electrons. The summed E-state index contributed by atoms with van der Waals surface area (Å²) in [5.41, 5.74) is 1.93. The predicted octanol–water partition coefficient (Wildman–Crippen LogP) is 12.1. The summed E-state index contributed by atoms with van der Waals surface area (Å²) < 4.78 is 2.60. The molecule has 0 saturated carbocycles. The molecule has 0 bridgehead atoms. The second-order valence-electron chi connectivity index (χ2n) is 13.1. The first-order valence-electron chi connectivity index (χ1n) is 15.5.